The number of hydrogen-bond donors (Lipinski definition) is 2. The average molecular weight is 397 g/mol. The molecule has 2 aromatic heterocycles. The van der Waals surface area contributed by atoms with Crippen molar-refractivity contribution >= 4 is 39.4 Å². The number of hydrogen-bond acceptors (Lipinski definition) is 6. The number of aromatic nitrogens is 4. The van der Waals surface area contributed by atoms with E-state index in [2.05, 4.69) is 59.7 Å². The summed E-state index contributed by atoms with van der Waals surface area (Å²) in [7, 11) is 0. The highest BCUT2D eigenvalue weighted by atomic mass is 127. The summed E-state index contributed by atoms with van der Waals surface area (Å²) < 4.78 is 2.59. The van der Waals surface area contributed by atoms with E-state index in [1.54, 1.807) is 4.68 Å². The predicted molar refractivity (Wildman–Crippen MR) is 89.5 cm³/mol. The van der Waals surface area contributed by atoms with Gasteiger partial charge in [-0.25, -0.2) is 14.6 Å². The minimum atomic E-state index is 0.462. The van der Waals surface area contributed by atoms with Gasteiger partial charge in [0, 0.05) is 26.2 Å². The molecule has 1 aliphatic rings. The summed E-state index contributed by atoms with van der Waals surface area (Å²) >= 11 is 2.15. The van der Waals surface area contributed by atoms with Gasteiger partial charge >= 0.3 is 0 Å². The van der Waals surface area contributed by atoms with Crippen molar-refractivity contribution in [1.29, 1.82) is 0 Å². The molecule has 3 heterocycles. The van der Waals surface area contributed by atoms with Crippen molar-refractivity contribution in [2.75, 3.05) is 38.5 Å². The van der Waals surface area contributed by atoms with E-state index in [1.807, 2.05) is 0 Å². The Hall–Kier alpha value is -1.44. The number of nitrogens with zero attached hydrogens (tertiary/aromatic N) is 5. The average Bonchev–Trinajstić information content (AvgIpc) is 2.83. The number of fused-ring (bicyclic) bond motifs is 1. The van der Waals surface area contributed by atoms with Gasteiger partial charge in [0.2, 0.25) is 0 Å². The highest BCUT2D eigenvalue weighted by Gasteiger charge is 2.12. The van der Waals surface area contributed by atoms with Crippen LogP contribution in [0.15, 0.2) is 6.33 Å². The summed E-state index contributed by atoms with van der Waals surface area (Å²) in [5, 5.41) is 8.57. The maximum atomic E-state index is 5.86. The first-order chi connectivity index (χ1) is 10.3. The van der Waals surface area contributed by atoms with Gasteiger partial charge in [-0.15, -0.1) is 0 Å². The molecule has 8 heteroatoms. The molecular formula is C13H16IN7. The SMILES string of the molecule is Nc1ncnc2c1c(I)nn2CC#CCN1CCNCC1. The second-order valence-electron chi connectivity index (χ2n) is 4.79. The number of anilines is 1. The van der Waals surface area contributed by atoms with Crippen LogP contribution in [0.3, 0.4) is 0 Å². The van der Waals surface area contributed by atoms with Gasteiger partial charge in [0.15, 0.2) is 5.65 Å². The van der Waals surface area contributed by atoms with Crippen molar-refractivity contribution in [1.82, 2.24) is 30.0 Å². The van der Waals surface area contributed by atoms with E-state index >= 15 is 0 Å². The van der Waals surface area contributed by atoms with Gasteiger partial charge in [0.05, 0.1) is 11.9 Å². The smallest absolute Gasteiger partial charge is 0.165 e. The van der Waals surface area contributed by atoms with E-state index in [4.69, 9.17) is 5.73 Å². The summed E-state index contributed by atoms with van der Waals surface area (Å²) in [5.41, 5.74) is 6.60. The highest BCUT2D eigenvalue weighted by Crippen LogP contribution is 2.21. The van der Waals surface area contributed by atoms with Gasteiger partial charge in [-0.1, -0.05) is 11.8 Å². The van der Waals surface area contributed by atoms with Gasteiger partial charge in [0.1, 0.15) is 22.4 Å². The zero-order valence-corrected chi connectivity index (χ0v) is 13.7. The van der Waals surface area contributed by atoms with E-state index in [9.17, 15) is 0 Å². The Morgan fingerprint density at radius 3 is 2.81 bits per heavy atom. The van der Waals surface area contributed by atoms with Crippen LogP contribution in [-0.4, -0.2) is 57.4 Å². The lowest BCUT2D eigenvalue weighted by atomic mass is 10.3. The number of halogens is 1. The molecule has 0 bridgehead atoms. The van der Waals surface area contributed by atoms with Gasteiger partial charge in [0.25, 0.3) is 0 Å². The Bertz CT molecular complexity index is 694. The number of piperazine rings is 1. The fourth-order valence-electron chi connectivity index (χ4n) is 2.26. The molecule has 3 rings (SSSR count). The Kier molecular flexibility index (Phi) is 4.52. The van der Waals surface area contributed by atoms with E-state index < -0.39 is 0 Å². The van der Waals surface area contributed by atoms with Crippen molar-refractivity contribution in [3.63, 3.8) is 0 Å². The Balaban J connectivity index is 1.70. The minimum Gasteiger partial charge on any atom is -0.383 e. The lowest BCUT2D eigenvalue weighted by Crippen LogP contribution is -2.43. The van der Waals surface area contributed by atoms with Crippen LogP contribution in [0.5, 0.6) is 0 Å². The molecule has 0 amide bonds. The van der Waals surface area contributed by atoms with Crippen LogP contribution in [0.1, 0.15) is 0 Å². The molecular weight excluding hydrogens is 381 g/mol. The predicted octanol–water partition coefficient (Wildman–Crippen LogP) is -0.0783. The third-order valence-electron chi connectivity index (χ3n) is 3.38. The quantitative estimate of drug-likeness (QED) is 0.545. The molecule has 0 aliphatic carbocycles. The van der Waals surface area contributed by atoms with Crippen molar-refractivity contribution in [3.05, 3.63) is 10.0 Å². The van der Waals surface area contributed by atoms with Crippen molar-refractivity contribution in [2.45, 2.75) is 6.54 Å². The zero-order valence-electron chi connectivity index (χ0n) is 11.5. The lowest BCUT2D eigenvalue weighted by molar-refractivity contribution is 0.268. The van der Waals surface area contributed by atoms with Gasteiger partial charge in [-0.05, 0) is 22.6 Å². The summed E-state index contributed by atoms with van der Waals surface area (Å²) in [6.45, 7) is 5.51. The van der Waals surface area contributed by atoms with Crippen LogP contribution >= 0.6 is 22.6 Å². The van der Waals surface area contributed by atoms with Crippen LogP contribution in [0.2, 0.25) is 0 Å². The van der Waals surface area contributed by atoms with Crippen LogP contribution in [0, 0.1) is 15.5 Å². The monoisotopic (exact) mass is 397 g/mol. The molecule has 7 nitrogen and oxygen atoms in total. The molecule has 110 valence electrons. The molecule has 1 aliphatic heterocycles. The highest BCUT2D eigenvalue weighted by molar-refractivity contribution is 14.1. The maximum absolute atomic E-state index is 5.86. The largest absolute Gasteiger partial charge is 0.383 e. The lowest BCUT2D eigenvalue weighted by Gasteiger charge is -2.24. The summed E-state index contributed by atoms with van der Waals surface area (Å²) in [4.78, 5) is 10.6. The molecule has 0 aromatic carbocycles. The third-order valence-corrected chi connectivity index (χ3v) is 4.14. The van der Waals surface area contributed by atoms with E-state index in [0.29, 0.717) is 12.4 Å². The molecule has 0 unspecified atom stereocenters. The van der Waals surface area contributed by atoms with Gasteiger partial charge < -0.3 is 11.1 Å². The molecule has 2 aromatic rings. The van der Waals surface area contributed by atoms with Crippen molar-refractivity contribution in [2.24, 2.45) is 0 Å². The number of nitrogens with one attached hydrogen (secondary N) is 1. The first-order valence-electron chi connectivity index (χ1n) is 6.77. The van der Waals surface area contributed by atoms with E-state index in [1.165, 1.54) is 6.33 Å². The first kappa shape index (κ1) is 14.5. The van der Waals surface area contributed by atoms with Crippen molar-refractivity contribution in [3.8, 4) is 11.8 Å². The van der Waals surface area contributed by atoms with Crippen LogP contribution < -0.4 is 11.1 Å². The second kappa shape index (κ2) is 6.55. The third kappa shape index (κ3) is 3.25. The summed E-state index contributed by atoms with van der Waals surface area (Å²) in [6, 6.07) is 0. The number of rotatable bonds is 2. The molecule has 1 fully saturated rings. The molecule has 21 heavy (non-hydrogen) atoms. The van der Waals surface area contributed by atoms with E-state index in [0.717, 1.165) is 47.5 Å². The molecule has 0 atom stereocenters. The molecule has 3 N–H and O–H groups in total. The Morgan fingerprint density at radius 1 is 1.24 bits per heavy atom. The summed E-state index contributed by atoms with van der Waals surface area (Å²) in [6.07, 6.45) is 1.46. The molecule has 0 radical (unpaired) electrons. The minimum absolute atomic E-state index is 0.462. The Labute approximate surface area is 136 Å². The van der Waals surface area contributed by atoms with E-state index in [-0.39, 0.29) is 0 Å². The number of nitrogens with two attached hydrogens (primary N) is 1. The Morgan fingerprint density at radius 2 is 2.00 bits per heavy atom. The topological polar surface area (TPSA) is 84.9 Å². The van der Waals surface area contributed by atoms with Crippen LogP contribution in [-0.2, 0) is 6.54 Å². The van der Waals surface area contributed by atoms with Gasteiger partial charge in [-0.3, -0.25) is 4.90 Å². The zero-order chi connectivity index (χ0) is 14.7. The fourth-order valence-corrected chi connectivity index (χ4v) is 3.04. The van der Waals surface area contributed by atoms with Gasteiger partial charge in [-0.2, -0.15) is 5.10 Å². The van der Waals surface area contributed by atoms with Crippen molar-refractivity contribution < 1.29 is 0 Å². The maximum Gasteiger partial charge on any atom is 0.165 e. The second-order valence-corrected chi connectivity index (χ2v) is 5.81. The van der Waals surface area contributed by atoms with Crippen LogP contribution in [0.4, 0.5) is 5.82 Å². The number of nitrogen functional groups attached to an aromatic ring is 1. The molecule has 0 saturated carbocycles. The molecule has 1 saturated heterocycles. The summed E-state index contributed by atoms with van der Waals surface area (Å²) in [5.74, 6) is 6.82. The standard InChI is InChI=1S/C13H16IN7/c14-11-10-12(15)17-9-18-13(10)21(19-11)6-2-1-5-20-7-3-16-4-8-20/h9,16H,3-8H2,(H2,15,17,18). The molecule has 0 spiro atoms. The first-order valence-corrected chi connectivity index (χ1v) is 7.85. The van der Waals surface area contributed by atoms with Crippen LogP contribution in [0.25, 0.3) is 11.0 Å². The normalized spacial score (nSPS) is 15.9. The fraction of sp³-hybridized carbons (Fsp3) is 0.462.